The van der Waals surface area contributed by atoms with Crippen LogP contribution in [-0.2, 0) is 42.1 Å². The number of rotatable bonds is 7. The van der Waals surface area contributed by atoms with Crippen LogP contribution in [0.25, 0.3) is 0 Å². The number of carbonyl (C=O) groups excluding carboxylic acids is 3. The summed E-state index contributed by atoms with van der Waals surface area (Å²) in [6.45, 7) is 10.0. The maximum atomic E-state index is 10.8. The van der Waals surface area contributed by atoms with Crippen LogP contribution >= 0.6 is 0 Å². The van der Waals surface area contributed by atoms with Gasteiger partial charge in [-0.3, -0.25) is 0 Å². The summed E-state index contributed by atoms with van der Waals surface area (Å²) in [6, 6.07) is 0. The van der Waals surface area contributed by atoms with Crippen LogP contribution in [0.1, 0.15) is 34.6 Å². The van der Waals surface area contributed by atoms with Crippen LogP contribution in [0.2, 0.25) is 0 Å². The van der Waals surface area contributed by atoms with Crippen molar-refractivity contribution in [2.45, 2.75) is 34.6 Å². The molecule has 0 aromatic heterocycles. The normalized spacial score (nSPS) is 17.9. The zero-order valence-electron chi connectivity index (χ0n) is 12.2. The molecule has 1 rings (SSSR count). The third-order valence-corrected chi connectivity index (χ3v) is 8.40. The van der Waals surface area contributed by atoms with E-state index in [4.69, 9.17) is 9.96 Å². The van der Waals surface area contributed by atoms with Gasteiger partial charge in [0.05, 0.1) is 0 Å². The minimum absolute atomic E-state index is 0.159. The predicted molar refractivity (Wildman–Crippen MR) is 66.3 cm³/mol. The van der Waals surface area contributed by atoms with Crippen molar-refractivity contribution in [3.05, 3.63) is 20.6 Å². The molecule has 0 unspecified atom stereocenters. The molecule has 1 aliphatic rings. The van der Waals surface area contributed by atoms with E-state index in [1.165, 1.54) is 0 Å². The van der Waals surface area contributed by atoms with Gasteiger partial charge in [-0.2, -0.15) is 0 Å². The van der Waals surface area contributed by atoms with Gasteiger partial charge in [0.2, 0.25) is 0 Å². The van der Waals surface area contributed by atoms with Crippen molar-refractivity contribution in [3.8, 4) is 0 Å². The molecule has 0 spiro atoms. The van der Waals surface area contributed by atoms with E-state index in [-0.39, 0.29) is 19.4 Å². The van der Waals surface area contributed by atoms with Crippen LogP contribution in [0.3, 0.4) is 0 Å². The summed E-state index contributed by atoms with van der Waals surface area (Å²) < 4.78 is 15.6. The molecule has 0 aromatic rings. The topological polar surface area (TPSA) is 78.9 Å². The first-order valence-corrected chi connectivity index (χ1v) is 8.72. The minimum atomic E-state index is -4.52. The van der Waals surface area contributed by atoms with Gasteiger partial charge >= 0.3 is 122 Å². The average molecular weight is 318 g/mol. The van der Waals surface area contributed by atoms with Crippen molar-refractivity contribution < 1.29 is 42.1 Å². The fourth-order valence-corrected chi connectivity index (χ4v) is 6.56. The summed E-state index contributed by atoms with van der Waals surface area (Å²) in [5.41, 5.74) is 2.39. The Kier molecular flexibility index (Phi) is 4.94. The molecule has 110 valence electrons. The molecule has 0 saturated carbocycles. The quantitative estimate of drug-likeness (QED) is 0.528. The van der Waals surface area contributed by atoms with Gasteiger partial charge in [-0.15, -0.1) is 0 Å². The average Bonchev–Trinajstić information content (AvgIpc) is 2.51. The molecule has 0 fully saturated rings. The first-order valence-electron chi connectivity index (χ1n) is 6.03. The van der Waals surface area contributed by atoms with Gasteiger partial charge in [0.25, 0.3) is 0 Å². The van der Waals surface area contributed by atoms with E-state index >= 15 is 0 Å². The molecule has 1 aliphatic carbocycles. The fourth-order valence-electron chi connectivity index (χ4n) is 2.66. The first-order chi connectivity index (χ1) is 9.28. The van der Waals surface area contributed by atoms with Crippen LogP contribution in [-0.4, -0.2) is 19.4 Å². The summed E-state index contributed by atoms with van der Waals surface area (Å²) >= 11 is -4.52. The standard InChI is InChI=1S/C10H15.3CH2O2.Ti/c1-7-6-10(4,5)9(3)8(7)2;3*2-1-3;/h1-5H3;3*1H,(H,2,3);/q;;;;+3/p-3. The van der Waals surface area contributed by atoms with Crippen LogP contribution in [0, 0.1) is 5.41 Å². The number of carbonyl (C=O) groups is 3. The van der Waals surface area contributed by atoms with Crippen molar-refractivity contribution in [2.24, 2.45) is 5.41 Å². The van der Waals surface area contributed by atoms with E-state index in [9.17, 15) is 14.4 Å². The molecule has 20 heavy (non-hydrogen) atoms. The van der Waals surface area contributed by atoms with Crippen molar-refractivity contribution in [1.82, 2.24) is 0 Å². The summed E-state index contributed by atoms with van der Waals surface area (Å²) in [5, 5.41) is 0. The van der Waals surface area contributed by atoms with Crippen LogP contribution in [0.15, 0.2) is 20.6 Å². The zero-order valence-corrected chi connectivity index (χ0v) is 13.7. The second kappa shape index (κ2) is 5.93. The van der Waals surface area contributed by atoms with E-state index in [1.807, 2.05) is 34.6 Å². The monoisotopic (exact) mass is 318 g/mol. The molecule has 0 aromatic carbocycles. The fraction of sp³-hybridized carbons (Fsp3) is 0.462. The van der Waals surface area contributed by atoms with Gasteiger partial charge in [0.15, 0.2) is 0 Å². The zero-order chi connectivity index (χ0) is 15.6. The molecule has 0 amide bonds. The number of allylic oxidation sites excluding steroid dienone is 4. The van der Waals surface area contributed by atoms with E-state index in [2.05, 4.69) is 0 Å². The molecule has 0 aliphatic heterocycles. The van der Waals surface area contributed by atoms with Gasteiger partial charge in [-0.25, -0.2) is 0 Å². The second-order valence-electron chi connectivity index (χ2n) is 5.07. The Morgan fingerprint density at radius 2 is 1.25 bits per heavy atom. The van der Waals surface area contributed by atoms with Gasteiger partial charge < -0.3 is 0 Å². The van der Waals surface area contributed by atoms with Crippen molar-refractivity contribution >= 4 is 19.4 Å². The molecule has 7 heteroatoms. The molecule has 0 radical (unpaired) electrons. The molecule has 0 saturated heterocycles. The molecule has 0 atom stereocenters. The van der Waals surface area contributed by atoms with Gasteiger partial charge in [-0.1, -0.05) is 0 Å². The Morgan fingerprint density at radius 3 is 1.50 bits per heavy atom. The summed E-state index contributed by atoms with van der Waals surface area (Å²) in [5.74, 6) is 0. The van der Waals surface area contributed by atoms with E-state index in [0.29, 0.717) is 3.88 Å². The molecule has 0 bridgehead atoms. The molecule has 0 heterocycles. The van der Waals surface area contributed by atoms with Gasteiger partial charge in [-0.05, 0) is 0 Å². The SMILES string of the molecule is CC1=C(C)C(C)(C)[C]([Ti]([O]C=O)([O]C=O)[O]C=O)=C1C. The first kappa shape index (κ1) is 16.7. The van der Waals surface area contributed by atoms with E-state index < -0.39 is 23.2 Å². The summed E-state index contributed by atoms with van der Waals surface area (Å²) in [7, 11) is 0. The summed E-state index contributed by atoms with van der Waals surface area (Å²) in [4.78, 5) is 32.4. The van der Waals surface area contributed by atoms with E-state index in [1.54, 1.807) is 0 Å². The summed E-state index contributed by atoms with van der Waals surface area (Å²) in [6.07, 6.45) is 0. The second-order valence-corrected chi connectivity index (χ2v) is 8.70. The van der Waals surface area contributed by atoms with Crippen molar-refractivity contribution in [2.75, 3.05) is 0 Å². The Morgan fingerprint density at radius 1 is 0.850 bits per heavy atom. The number of hydrogen-bond acceptors (Lipinski definition) is 6. The maximum absolute atomic E-state index is 10.8. The third-order valence-electron chi connectivity index (χ3n) is 3.98. The van der Waals surface area contributed by atoms with Gasteiger partial charge in [0, 0.05) is 0 Å². The Hall–Kier alpha value is -1.40. The Labute approximate surface area is 122 Å². The van der Waals surface area contributed by atoms with Gasteiger partial charge in [0.1, 0.15) is 0 Å². The van der Waals surface area contributed by atoms with Crippen LogP contribution in [0.5, 0.6) is 0 Å². The molecular weight excluding hydrogens is 300 g/mol. The molecule has 0 N–H and O–H groups in total. The third kappa shape index (κ3) is 2.45. The van der Waals surface area contributed by atoms with Crippen LogP contribution in [0.4, 0.5) is 0 Å². The van der Waals surface area contributed by atoms with E-state index in [0.717, 1.165) is 16.7 Å². The Bertz CT molecular complexity index is 476. The molecule has 6 nitrogen and oxygen atoms in total. The van der Waals surface area contributed by atoms with Crippen molar-refractivity contribution in [1.29, 1.82) is 0 Å². The number of hydrogen-bond donors (Lipinski definition) is 0. The molecular formula is C13H18O6Ti. The predicted octanol–water partition coefficient (Wildman–Crippen LogP) is 2.05. The van der Waals surface area contributed by atoms with Crippen molar-refractivity contribution in [3.63, 3.8) is 0 Å². The Balaban J connectivity index is 3.52. The van der Waals surface area contributed by atoms with Crippen LogP contribution < -0.4 is 0 Å².